The van der Waals surface area contributed by atoms with E-state index in [0.29, 0.717) is 37.1 Å². The van der Waals surface area contributed by atoms with Crippen LogP contribution < -0.4 is 20.1 Å². The Morgan fingerprint density at radius 3 is 2.85 bits per heavy atom. The number of nitrogens with two attached hydrogens (primary N) is 1. The van der Waals surface area contributed by atoms with Crippen molar-refractivity contribution >= 4 is 33.4 Å². The van der Waals surface area contributed by atoms with Crippen LogP contribution in [0.2, 0.25) is 0 Å². The van der Waals surface area contributed by atoms with Crippen LogP contribution in [0.5, 0.6) is 17.6 Å². The van der Waals surface area contributed by atoms with E-state index >= 15 is 4.39 Å². The highest BCUT2D eigenvalue weighted by Gasteiger charge is 2.49. The fourth-order valence-electron chi connectivity index (χ4n) is 8.22. The third-order valence-electron chi connectivity index (χ3n) is 10.4. The van der Waals surface area contributed by atoms with Crippen LogP contribution in [0, 0.1) is 29.9 Å². The van der Waals surface area contributed by atoms with Crippen molar-refractivity contribution in [2.45, 2.75) is 56.3 Å². The summed E-state index contributed by atoms with van der Waals surface area (Å²) in [5.41, 5.74) is 4.60. The Morgan fingerprint density at radius 1 is 1.19 bits per heavy atom. The molecule has 0 saturated carbocycles. The average molecular weight is 659 g/mol. The van der Waals surface area contributed by atoms with E-state index in [4.69, 9.17) is 26.6 Å². The lowest BCUT2D eigenvalue weighted by atomic mass is 9.90. The minimum Gasteiger partial charge on any atom is -0.508 e. The number of carbonyl (C=O) groups excluding carboxylic acids is 1. The number of carbonyl (C=O) groups is 1. The molecule has 8 rings (SSSR count). The number of pyridine rings is 1. The Bertz CT molecular complexity index is 2040. The van der Waals surface area contributed by atoms with Gasteiger partial charge in [0.15, 0.2) is 5.82 Å². The van der Waals surface area contributed by atoms with Crippen LogP contribution in [0.4, 0.5) is 19.0 Å². The Morgan fingerprint density at radius 2 is 2.04 bits per heavy atom. The van der Waals surface area contributed by atoms with Crippen molar-refractivity contribution in [1.29, 1.82) is 0 Å². The van der Waals surface area contributed by atoms with Gasteiger partial charge in [-0.2, -0.15) is 9.97 Å². The number of rotatable bonds is 6. The molecule has 2 aromatic carbocycles. The van der Waals surface area contributed by atoms with E-state index in [1.807, 2.05) is 4.90 Å². The van der Waals surface area contributed by atoms with Crippen LogP contribution in [-0.2, 0) is 4.79 Å². The first kappa shape index (κ1) is 30.5. The minimum absolute atomic E-state index is 0.0515. The number of hydrogen-bond acceptors (Lipinski definition) is 9. The molecule has 1 amide bonds. The molecule has 0 radical (unpaired) electrons. The first-order valence-corrected chi connectivity index (χ1v) is 16.2. The molecular weight excluding hydrogens is 625 g/mol. The van der Waals surface area contributed by atoms with Gasteiger partial charge in [0.05, 0.1) is 17.1 Å². The molecule has 4 aromatic rings. The van der Waals surface area contributed by atoms with Crippen LogP contribution in [0.25, 0.3) is 32.9 Å². The second-order valence-corrected chi connectivity index (χ2v) is 13.4. The number of benzene rings is 2. The largest absolute Gasteiger partial charge is 0.508 e. The molecular formula is C35H33F3N6O4. The first-order valence-electron chi connectivity index (χ1n) is 16.2. The van der Waals surface area contributed by atoms with Gasteiger partial charge in [0, 0.05) is 36.9 Å². The summed E-state index contributed by atoms with van der Waals surface area (Å²) in [6.45, 7) is 1.83. The molecule has 2 aromatic heterocycles. The SMILES string of the molecule is C#Cc1c(F)ccc2cc(O)cc(-c3nc4c5c(nc(OC[C@@]67CCCN6C[C@H](F)C7)nc5c3F)N3CC(CC(N)=O)CCC3CO4)c12. The molecule has 3 N–H and O–H groups in total. The van der Waals surface area contributed by atoms with Crippen molar-refractivity contribution in [3.8, 4) is 41.2 Å². The van der Waals surface area contributed by atoms with E-state index in [2.05, 4.69) is 20.8 Å². The summed E-state index contributed by atoms with van der Waals surface area (Å²) >= 11 is 0. The van der Waals surface area contributed by atoms with Crippen molar-refractivity contribution in [2.24, 2.45) is 11.7 Å². The standard InChI is InChI=1S/C35H33F3N6O4/c1-2-23-25(37)7-5-19-11-22(45)12-24(27(19)23)30-29(38)31-28-32(42-34(41-31)48-17-35-8-3-9-43(35)15-20(36)13-35)44-14-18(10-26(39)46)4-6-21(44)16-47-33(28)40-30/h1,5,7,11-12,18,20-21,45H,3-4,6,8-10,13-17H2,(H2,39,46)/t18?,20-,21?,35+/m1/s1. The average Bonchev–Trinajstić information content (AvgIpc) is 3.53. The zero-order valence-corrected chi connectivity index (χ0v) is 26.0. The number of hydrogen-bond donors (Lipinski definition) is 2. The summed E-state index contributed by atoms with van der Waals surface area (Å²) in [5.74, 6) is 0.511. The van der Waals surface area contributed by atoms with E-state index < -0.39 is 29.3 Å². The molecule has 6 heterocycles. The molecule has 248 valence electrons. The lowest BCUT2D eigenvalue weighted by Gasteiger charge is -2.39. The van der Waals surface area contributed by atoms with Gasteiger partial charge in [0.25, 0.3) is 0 Å². The molecule has 10 nitrogen and oxygen atoms in total. The number of alkyl halides is 1. The number of anilines is 1. The molecule has 3 saturated heterocycles. The van der Waals surface area contributed by atoms with Crippen LogP contribution >= 0.6 is 0 Å². The number of terminal acetylenes is 1. The summed E-state index contributed by atoms with van der Waals surface area (Å²) in [7, 11) is 0. The van der Waals surface area contributed by atoms with Gasteiger partial charge in [-0.15, -0.1) is 6.42 Å². The summed E-state index contributed by atoms with van der Waals surface area (Å²) in [6.07, 6.45) is 8.31. The van der Waals surface area contributed by atoms with Crippen LogP contribution in [0.1, 0.15) is 44.1 Å². The topological polar surface area (TPSA) is 127 Å². The molecule has 13 heteroatoms. The fourth-order valence-corrected chi connectivity index (χ4v) is 8.22. The number of aromatic hydroxyl groups is 1. The van der Waals surface area contributed by atoms with Gasteiger partial charge >= 0.3 is 6.01 Å². The van der Waals surface area contributed by atoms with E-state index in [1.54, 1.807) is 0 Å². The Balaban J connectivity index is 1.32. The Labute approximate surface area is 274 Å². The quantitative estimate of drug-likeness (QED) is 0.286. The van der Waals surface area contributed by atoms with E-state index in [9.17, 15) is 18.7 Å². The number of halogens is 3. The van der Waals surface area contributed by atoms with Crippen molar-refractivity contribution in [3.05, 3.63) is 41.5 Å². The van der Waals surface area contributed by atoms with Crippen molar-refractivity contribution in [1.82, 2.24) is 19.9 Å². The van der Waals surface area contributed by atoms with Crippen LogP contribution in [0.3, 0.4) is 0 Å². The molecule has 3 fully saturated rings. The highest BCUT2D eigenvalue weighted by Crippen LogP contribution is 2.45. The van der Waals surface area contributed by atoms with Crippen molar-refractivity contribution in [3.63, 3.8) is 0 Å². The highest BCUT2D eigenvalue weighted by molar-refractivity contribution is 6.04. The van der Waals surface area contributed by atoms with Gasteiger partial charge in [-0.25, -0.2) is 18.2 Å². The Hall–Kier alpha value is -4.83. The molecule has 0 spiro atoms. The maximum absolute atomic E-state index is 17.0. The third-order valence-corrected chi connectivity index (χ3v) is 10.4. The lowest BCUT2D eigenvalue weighted by molar-refractivity contribution is -0.119. The highest BCUT2D eigenvalue weighted by atomic mass is 19.1. The normalized spacial score (nSPS) is 25.0. The van der Waals surface area contributed by atoms with Gasteiger partial charge in [0.2, 0.25) is 11.8 Å². The molecule has 4 aliphatic rings. The lowest BCUT2D eigenvalue weighted by Crippen LogP contribution is -2.47. The predicted octanol–water partition coefficient (Wildman–Crippen LogP) is 4.62. The number of fused-ring (bicyclic) bond motifs is 4. The number of primary amides is 1. The maximum atomic E-state index is 17.0. The number of phenols is 1. The number of ether oxygens (including phenoxy) is 2. The first-order chi connectivity index (χ1) is 23.1. The summed E-state index contributed by atoms with van der Waals surface area (Å²) < 4.78 is 59.0. The van der Waals surface area contributed by atoms with E-state index in [-0.39, 0.29) is 82.3 Å². The summed E-state index contributed by atoms with van der Waals surface area (Å²) in [5, 5.41) is 11.4. The van der Waals surface area contributed by atoms with Gasteiger partial charge in [-0.05, 0) is 61.7 Å². The van der Waals surface area contributed by atoms with E-state index in [1.165, 1.54) is 24.3 Å². The predicted molar refractivity (Wildman–Crippen MR) is 172 cm³/mol. The Kier molecular flexibility index (Phi) is 7.25. The summed E-state index contributed by atoms with van der Waals surface area (Å²) in [6, 6.07) is 5.04. The van der Waals surface area contributed by atoms with Gasteiger partial charge < -0.3 is 25.2 Å². The van der Waals surface area contributed by atoms with Crippen LogP contribution in [0.15, 0.2) is 24.3 Å². The molecule has 4 atom stereocenters. The molecule has 2 unspecified atom stereocenters. The second kappa shape index (κ2) is 11.4. The van der Waals surface area contributed by atoms with Crippen molar-refractivity contribution in [2.75, 3.05) is 37.7 Å². The van der Waals surface area contributed by atoms with Gasteiger partial charge in [0.1, 0.15) is 53.4 Å². The number of nitrogens with zero attached hydrogens (tertiary/aromatic N) is 5. The minimum atomic E-state index is -0.965. The third kappa shape index (κ3) is 4.92. The molecule has 4 aliphatic heterocycles. The molecule has 0 aliphatic carbocycles. The second-order valence-electron chi connectivity index (χ2n) is 13.4. The molecule has 48 heavy (non-hydrogen) atoms. The fraction of sp³-hybridized carbons (Fsp3) is 0.429. The van der Waals surface area contributed by atoms with Gasteiger partial charge in [-0.3, -0.25) is 9.69 Å². The number of phenolic OH excluding ortho intramolecular Hbond substituents is 1. The number of piperidine rings is 1. The number of aromatic nitrogens is 3. The summed E-state index contributed by atoms with van der Waals surface area (Å²) in [4.78, 5) is 29.9. The number of amides is 1. The zero-order chi connectivity index (χ0) is 33.3. The van der Waals surface area contributed by atoms with Crippen molar-refractivity contribution < 1.29 is 32.5 Å². The van der Waals surface area contributed by atoms with Gasteiger partial charge in [-0.1, -0.05) is 12.0 Å². The smallest absolute Gasteiger partial charge is 0.319 e. The van der Waals surface area contributed by atoms with Crippen LogP contribution in [-0.4, -0.2) is 81.5 Å². The zero-order valence-electron chi connectivity index (χ0n) is 26.0. The van der Waals surface area contributed by atoms with E-state index in [0.717, 1.165) is 25.8 Å². The maximum Gasteiger partial charge on any atom is 0.319 e. The molecule has 0 bridgehead atoms. The monoisotopic (exact) mass is 658 g/mol.